The van der Waals surface area contributed by atoms with Crippen LogP contribution in [0, 0.1) is 17.8 Å². The third kappa shape index (κ3) is 2.89. The lowest BCUT2D eigenvalue weighted by Gasteiger charge is -2.16. The van der Waals surface area contributed by atoms with Crippen LogP contribution in [-0.2, 0) is 0 Å². The van der Waals surface area contributed by atoms with Crippen molar-refractivity contribution in [3.63, 3.8) is 0 Å². The van der Waals surface area contributed by atoms with Gasteiger partial charge >= 0.3 is 0 Å². The Bertz CT molecular complexity index is 494. The Morgan fingerprint density at radius 2 is 2.00 bits per heavy atom. The lowest BCUT2D eigenvalue weighted by Crippen LogP contribution is -2.31. The Labute approximate surface area is 119 Å². The molecule has 108 valence electrons. The van der Waals surface area contributed by atoms with E-state index in [1.54, 1.807) is 12.1 Å². The first kappa shape index (κ1) is 13.3. The van der Waals surface area contributed by atoms with E-state index in [2.05, 4.69) is 5.32 Å². The van der Waals surface area contributed by atoms with Crippen molar-refractivity contribution < 1.29 is 14.6 Å². The number of methoxy groups -OCH3 is 1. The Hall–Kier alpha value is -1.71. The number of carbonyl (C=O) groups is 1. The Morgan fingerprint density at radius 1 is 1.35 bits per heavy atom. The van der Waals surface area contributed by atoms with Crippen LogP contribution < -0.4 is 10.1 Å². The average molecular weight is 275 g/mol. The minimum atomic E-state index is -0.198. The summed E-state index contributed by atoms with van der Waals surface area (Å²) >= 11 is 0. The van der Waals surface area contributed by atoms with E-state index in [0.717, 1.165) is 18.4 Å². The smallest absolute Gasteiger partial charge is 0.255 e. The van der Waals surface area contributed by atoms with Crippen molar-refractivity contribution in [2.24, 2.45) is 17.8 Å². The predicted molar refractivity (Wildman–Crippen MR) is 75.9 cm³/mol. The number of amides is 1. The number of carbonyl (C=O) groups excluding carboxylic acids is 1. The molecule has 0 aromatic heterocycles. The maximum absolute atomic E-state index is 12.1. The fraction of sp³-hybridized carbons (Fsp3) is 0.562. The molecule has 0 heterocycles. The first-order chi connectivity index (χ1) is 9.69. The van der Waals surface area contributed by atoms with E-state index in [1.165, 1.54) is 38.9 Å². The van der Waals surface area contributed by atoms with Crippen LogP contribution >= 0.6 is 0 Å². The highest BCUT2D eigenvalue weighted by Crippen LogP contribution is 2.48. The fourth-order valence-electron chi connectivity index (χ4n) is 2.90. The lowest BCUT2D eigenvalue weighted by atomic mass is 9.98. The zero-order valence-corrected chi connectivity index (χ0v) is 11.8. The van der Waals surface area contributed by atoms with Gasteiger partial charge in [0.15, 0.2) is 0 Å². The van der Waals surface area contributed by atoms with Crippen LogP contribution in [0.4, 0.5) is 0 Å². The summed E-state index contributed by atoms with van der Waals surface area (Å²) in [5, 5.41) is 12.8. The molecule has 4 heteroatoms. The highest BCUT2D eigenvalue weighted by atomic mass is 16.5. The summed E-state index contributed by atoms with van der Waals surface area (Å²) in [5.41, 5.74) is 0.316. The van der Waals surface area contributed by atoms with Gasteiger partial charge < -0.3 is 15.2 Å². The number of nitrogens with one attached hydrogen (secondary N) is 1. The minimum absolute atomic E-state index is 0.0313. The number of phenolic OH excluding ortho intramolecular Hbond substituents is 1. The second kappa shape index (κ2) is 5.35. The number of hydrogen-bond acceptors (Lipinski definition) is 3. The van der Waals surface area contributed by atoms with E-state index in [4.69, 9.17) is 4.74 Å². The van der Waals surface area contributed by atoms with Gasteiger partial charge in [-0.15, -0.1) is 0 Å². The molecule has 2 fully saturated rings. The summed E-state index contributed by atoms with van der Waals surface area (Å²) < 4.78 is 5.02. The summed E-state index contributed by atoms with van der Waals surface area (Å²) in [7, 11) is 1.53. The van der Waals surface area contributed by atoms with Crippen LogP contribution in [0.15, 0.2) is 18.2 Å². The minimum Gasteiger partial charge on any atom is -0.507 e. The van der Waals surface area contributed by atoms with Gasteiger partial charge in [-0.2, -0.15) is 0 Å². The van der Waals surface area contributed by atoms with Crippen molar-refractivity contribution >= 4 is 5.91 Å². The van der Waals surface area contributed by atoms with E-state index in [9.17, 15) is 9.90 Å². The molecular weight excluding hydrogens is 254 g/mol. The van der Waals surface area contributed by atoms with Gasteiger partial charge in [0.1, 0.15) is 11.5 Å². The summed E-state index contributed by atoms with van der Waals surface area (Å²) in [4.78, 5) is 12.1. The first-order valence-electron chi connectivity index (χ1n) is 7.34. The molecule has 0 bridgehead atoms. The molecule has 0 saturated heterocycles. The quantitative estimate of drug-likeness (QED) is 0.839. The Balaban J connectivity index is 1.60. The molecule has 4 nitrogen and oxygen atoms in total. The summed E-state index contributed by atoms with van der Waals surface area (Å²) in [5.74, 6) is 2.58. The summed E-state index contributed by atoms with van der Waals surface area (Å²) in [6.07, 6.45) is 5.24. The second-order valence-electron chi connectivity index (χ2n) is 5.93. The highest BCUT2D eigenvalue weighted by molar-refractivity contribution is 5.97. The van der Waals surface area contributed by atoms with Crippen LogP contribution in [0.1, 0.15) is 36.0 Å². The van der Waals surface area contributed by atoms with Crippen molar-refractivity contribution in [2.75, 3.05) is 13.7 Å². The molecule has 2 aliphatic rings. The van der Waals surface area contributed by atoms with E-state index < -0.39 is 0 Å². The Kier molecular flexibility index (Phi) is 3.55. The second-order valence-corrected chi connectivity index (χ2v) is 5.93. The van der Waals surface area contributed by atoms with Gasteiger partial charge in [-0.1, -0.05) is 0 Å². The topological polar surface area (TPSA) is 58.6 Å². The van der Waals surface area contributed by atoms with Gasteiger partial charge in [0.2, 0.25) is 0 Å². The van der Waals surface area contributed by atoms with Gasteiger partial charge in [-0.25, -0.2) is 0 Å². The monoisotopic (exact) mass is 275 g/mol. The van der Waals surface area contributed by atoms with Gasteiger partial charge in [0.05, 0.1) is 12.7 Å². The van der Waals surface area contributed by atoms with Gasteiger partial charge in [-0.3, -0.25) is 4.79 Å². The third-order valence-corrected chi connectivity index (χ3v) is 4.40. The SMILES string of the molecule is COc1ccc(C(=O)NCC(C2CC2)C2CC2)c(O)c1. The molecule has 0 spiro atoms. The maximum Gasteiger partial charge on any atom is 0.255 e. The molecule has 3 rings (SSSR count). The molecule has 0 aliphatic heterocycles. The van der Waals surface area contributed by atoms with Crippen LogP contribution in [-0.4, -0.2) is 24.7 Å². The molecule has 1 aromatic carbocycles. The largest absolute Gasteiger partial charge is 0.507 e. The molecule has 0 unspecified atom stereocenters. The third-order valence-electron chi connectivity index (χ3n) is 4.40. The van der Waals surface area contributed by atoms with Crippen LogP contribution in [0.25, 0.3) is 0 Å². The zero-order valence-electron chi connectivity index (χ0n) is 11.8. The molecule has 2 N–H and O–H groups in total. The van der Waals surface area contributed by atoms with Crippen molar-refractivity contribution in [1.29, 1.82) is 0 Å². The summed E-state index contributed by atoms with van der Waals surface area (Å²) in [6.45, 7) is 0.736. The lowest BCUT2D eigenvalue weighted by molar-refractivity contribution is 0.0940. The molecular formula is C16H21NO3. The molecule has 0 radical (unpaired) electrons. The first-order valence-corrected chi connectivity index (χ1v) is 7.34. The zero-order chi connectivity index (χ0) is 14.1. The van der Waals surface area contributed by atoms with Crippen molar-refractivity contribution in [1.82, 2.24) is 5.32 Å². The van der Waals surface area contributed by atoms with E-state index in [0.29, 0.717) is 17.2 Å². The molecule has 0 atom stereocenters. The normalized spacial score (nSPS) is 18.1. The molecule has 2 saturated carbocycles. The highest BCUT2D eigenvalue weighted by Gasteiger charge is 2.41. The molecule has 1 aromatic rings. The van der Waals surface area contributed by atoms with E-state index in [-0.39, 0.29) is 11.7 Å². The van der Waals surface area contributed by atoms with E-state index >= 15 is 0 Å². The number of ether oxygens (including phenoxy) is 1. The average Bonchev–Trinajstić information content (AvgIpc) is 3.31. The molecule has 20 heavy (non-hydrogen) atoms. The molecule has 2 aliphatic carbocycles. The van der Waals surface area contributed by atoms with Gasteiger partial charge in [0, 0.05) is 12.6 Å². The molecule has 1 amide bonds. The summed E-state index contributed by atoms with van der Waals surface area (Å²) in [6, 6.07) is 4.76. The van der Waals surface area contributed by atoms with Crippen LogP contribution in [0.5, 0.6) is 11.5 Å². The standard InChI is InChI=1S/C16H21NO3/c1-20-12-6-7-13(15(18)8-12)16(19)17-9-14(10-2-3-10)11-4-5-11/h6-8,10-11,14,18H,2-5,9H2,1H3,(H,17,19). The van der Waals surface area contributed by atoms with E-state index in [1.807, 2.05) is 0 Å². The van der Waals surface area contributed by atoms with Gasteiger partial charge in [-0.05, 0) is 55.6 Å². The number of rotatable bonds is 6. The predicted octanol–water partition coefficient (Wildman–Crippen LogP) is 2.57. The van der Waals surface area contributed by atoms with Crippen molar-refractivity contribution in [2.45, 2.75) is 25.7 Å². The van der Waals surface area contributed by atoms with Crippen LogP contribution in [0.2, 0.25) is 0 Å². The van der Waals surface area contributed by atoms with Crippen molar-refractivity contribution in [3.05, 3.63) is 23.8 Å². The number of aromatic hydroxyl groups is 1. The number of benzene rings is 1. The van der Waals surface area contributed by atoms with Crippen molar-refractivity contribution in [3.8, 4) is 11.5 Å². The van der Waals surface area contributed by atoms with Gasteiger partial charge in [0.25, 0.3) is 5.91 Å². The Morgan fingerprint density at radius 3 is 2.50 bits per heavy atom. The van der Waals surface area contributed by atoms with Crippen LogP contribution in [0.3, 0.4) is 0 Å². The maximum atomic E-state index is 12.1. The fourth-order valence-corrected chi connectivity index (χ4v) is 2.90. The number of hydrogen-bond donors (Lipinski definition) is 2. The number of phenols is 1.